The number of rotatable bonds is 5. The van der Waals surface area contributed by atoms with Gasteiger partial charge in [-0.05, 0) is 30.5 Å². The normalized spacial score (nSPS) is 10.5. The van der Waals surface area contributed by atoms with Crippen molar-refractivity contribution in [1.82, 2.24) is 0 Å². The van der Waals surface area contributed by atoms with Crippen LogP contribution in [0.5, 0.6) is 0 Å². The number of Topliss-reactive ketones (excluding diaryl/α,β-unsaturated/α-hetero) is 1. The third-order valence-electron chi connectivity index (χ3n) is 2.47. The summed E-state index contributed by atoms with van der Waals surface area (Å²) in [6, 6.07) is 5.27. The van der Waals surface area contributed by atoms with Crippen LogP contribution in [0.15, 0.2) is 18.2 Å². The standard InChI is InChI=1S/C14H18ClNO2/c1-9(2)6-12(17)8-14(18)16-13-7-11(15)5-4-10(13)3/h4-5,7,9H,6,8H2,1-3H3,(H,16,18). The molecule has 18 heavy (non-hydrogen) atoms. The van der Waals surface area contributed by atoms with Crippen LogP contribution in [0, 0.1) is 12.8 Å². The van der Waals surface area contributed by atoms with Gasteiger partial charge >= 0.3 is 0 Å². The van der Waals surface area contributed by atoms with Crippen molar-refractivity contribution < 1.29 is 9.59 Å². The summed E-state index contributed by atoms with van der Waals surface area (Å²) >= 11 is 5.86. The third kappa shape index (κ3) is 4.88. The van der Waals surface area contributed by atoms with Gasteiger partial charge in [-0.25, -0.2) is 0 Å². The molecule has 0 saturated carbocycles. The zero-order chi connectivity index (χ0) is 13.7. The fourth-order valence-electron chi connectivity index (χ4n) is 1.63. The Morgan fingerprint density at radius 1 is 1.33 bits per heavy atom. The number of amides is 1. The molecule has 0 radical (unpaired) electrons. The maximum atomic E-state index is 11.7. The summed E-state index contributed by atoms with van der Waals surface area (Å²) in [6.07, 6.45) is 0.353. The Morgan fingerprint density at radius 3 is 2.61 bits per heavy atom. The van der Waals surface area contributed by atoms with Gasteiger partial charge in [0, 0.05) is 17.1 Å². The van der Waals surface area contributed by atoms with Gasteiger partial charge in [0.2, 0.25) is 5.91 Å². The maximum Gasteiger partial charge on any atom is 0.231 e. The van der Waals surface area contributed by atoms with Gasteiger partial charge in [-0.3, -0.25) is 9.59 Å². The van der Waals surface area contributed by atoms with Gasteiger partial charge in [0.1, 0.15) is 5.78 Å². The van der Waals surface area contributed by atoms with Crippen molar-refractivity contribution >= 4 is 29.0 Å². The van der Waals surface area contributed by atoms with E-state index in [1.165, 1.54) is 0 Å². The van der Waals surface area contributed by atoms with E-state index in [0.717, 1.165) is 5.56 Å². The number of nitrogens with one attached hydrogen (secondary N) is 1. The van der Waals surface area contributed by atoms with Crippen LogP contribution in [0.1, 0.15) is 32.3 Å². The van der Waals surface area contributed by atoms with Crippen LogP contribution >= 0.6 is 11.6 Å². The van der Waals surface area contributed by atoms with Gasteiger partial charge in [0.25, 0.3) is 0 Å². The molecular weight excluding hydrogens is 250 g/mol. The van der Waals surface area contributed by atoms with E-state index in [2.05, 4.69) is 5.32 Å². The Labute approximate surface area is 113 Å². The lowest BCUT2D eigenvalue weighted by atomic mass is 10.0. The molecule has 0 saturated heterocycles. The van der Waals surface area contributed by atoms with E-state index >= 15 is 0 Å². The average Bonchev–Trinajstić information content (AvgIpc) is 2.21. The van der Waals surface area contributed by atoms with Gasteiger partial charge in [-0.15, -0.1) is 0 Å². The summed E-state index contributed by atoms with van der Waals surface area (Å²) in [5.41, 5.74) is 1.58. The van der Waals surface area contributed by atoms with E-state index < -0.39 is 0 Å². The van der Waals surface area contributed by atoms with Crippen molar-refractivity contribution in [2.24, 2.45) is 5.92 Å². The van der Waals surface area contributed by atoms with Crippen LogP contribution in [0.2, 0.25) is 5.02 Å². The molecule has 0 spiro atoms. The smallest absolute Gasteiger partial charge is 0.231 e. The Morgan fingerprint density at radius 2 is 2.00 bits per heavy atom. The lowest BCUT2D eigenvalue weighted by Crippen LogP contribution is -2.17. The van der Waals surface area contributed by atoms with Crippen LogP contribution in [0.25, 0.3) is 0 Å². The van der Waals surface area contributed by atoms with Crippen molar-refractivity contribution in [1.29, 1.82) is 0 Å². The molecule has 1 aromatic carbocycles. The molecule has 0 unspecified atom stereocenters. The molecule has 0 fully saturated rings. The fourth-order valence-corrected chi connectivity index (χ4v) is 1.80. The van der Waals surface area contributed by atoms with Crippen molar-refractivity contribution in [3.05, 3.63) is 28.8 Å². The van der Waals surface area contributed by atoms with Crippen molar-refractivity contribution in [3.8, 4) is 0 Å². The molecule has 0 aliphatic heterocycles. The van der Waals surface area contributed by atoms with E-state index in [4.69, 9.17) is 11.6 Å². The topological polar surface area (TPSA) is 46.2 Å². The van der Waals surface area contributed by atoms with E-state index in [0.29, 0.717) is 17.1 Å². The molecule has 0 atom stereocenters. The molecule has 1 aromatic rings. The molecule has 0 aliphatic rings. The van der Waals surface area contributed by atoms with Gasteiger partial charge in [0.05, 0.1) is 6.42 Å². The highest BCUT2D eigenvalue weighted by molar-refractivity contribution is 6.31. The third-order valence-corrected chi connectivity index (χ3v) is 2.70. The second-order valence-electron chi connectivity index (χ2n) is 4.82. The minimum atomic E-state index is -0.286. The molecule has 1 rings (SSSR count). The summed E-state index contributed by atoms with van der Waals surface area (Å²) < 4.78 is 0. The Balaban J connectivity index is 2.59. The molecule has 0 aromatic heterocycles. The Hall–Kier alpha value is -1.35. The molecule has 1 amide bonds. The lowest BCUT2D eigenvalue weighted by molar-refractivity contribution is -0.125. The van der Waals surface area contributed by atoms with E-state index in [1.807, 2.05) is 26.8 Å². The van der Waals surface area contributed by atoms with Gasteiger partial charge in [0.15, 0.2) is 0 Å². The highest BCUT2D eigenvalue weighted by Gasteiger charge is 2.12. The van der Waals surface area contributed by atoms with Crippen LogP contribution < -0.4 is 5.32 Å². The monoisotopic (exact) mass is 267 g/mol. The van der Waals surface area contributed by atoms with Crippen molar-refractivity contribution in [2.75, 3.05) is 5.32 Å². The number of anilines is 1. The van der Waals surface area contributed by atoms with E-state index in [1.54, 1.807) is 12.1 Å². The number of aryl methyl sites for hydroxylation is 1. The number of ketones is 1. The van der Waals surface area contributed by atoms with Crippen LogP contribution in [0.4, 0.5) is 5.69 Å². The molecular formula is C14H18ClNO2. The second-order valence-corrected chi connectivity index (χ2v) is 5.26. The minimum Gasteiger partial charge on any atom is -0.325 e. The summed E-state index contributed by atoms with van der Waals surface area (Å²) in [6.45, 7) is 5.79. The highest BCUT2D eigenvalue weighted by Crippen LogP contribution is 2.20. The molecule has 0 aliphatic carbocycles. The van der Waals surface area contributed by atoms with E-state index in [9.17, 15) is 9.59 Å². The quantitative estimate of drug-likeness (QED) is 0.829. The first kappa shape index (κ1) is 14.7. The Kier molecular flexibility index (Phi) is 5.35. The van der Waals surface area contributed by atoms with Crippen LogP contribution in [-0.4, -0.2) is 11.7 Å². The first-order chi connectivity index (χ1) is 8.38. The zero-order valence-electron chi connectivity index (χ0n) is 10.9. The lowest BCUT2D eigenvalue weighted by Gasteiger charge is -2.09. The Bertz CT molecular complexity index is 455. The summed E-state index contributed by atoms with van der Waals surface area (Å²) in [5.74, 6) is -0.0496. The van der Waals surface area contributed by atoms with Crippen LogP contribution in [-0.2, 0) is 9.59 Å². The predicted octanol–water partition coefficient (Wildman–Crippen LogP) is 3.59. The number of hydrogen-bond donors (Lipinski definition) is 1. The minimum absolute atomic E-state index is 0.0396. The van der Waals surface area contributed by atoms with Crippen molar-refractivity contribution in [3.63, 3.8) is 0 Å². The summed E-state index contributed by atoms with van der Waals surface area (Å²) in [4.78, 5) is 23.2. The van der Waals surface area contributed by atoms with E-state index in [-0.39, 0.29) is 24.0 Å². The number of carbonyl (C=O) groups is 2. The molecule has 1 N–H and O–H groups in total. The number of benzene rings is 1. The summed E-state index contributed by atoms with van der Waals surface area (Å²) in [7, 11) is 0. The number of carbonyl (C=O) groups excluding carboxylic acids is 2. The molecule has 4 heteroatoms. The highest BCUT2D eigenvalue weighted by atomic mass is 35.5. The molecule has 0 heterocycles. The molecule has 3 nitrogen and oxygen atoms in total. The fraction of sp³-hybridized carbons (Fsp3) is 0.429. The van der Waals surface area contributed by atoms with Gasteiger partial charge < -0.3 is 5.32 Å². The first-order valence-corrected chi connectivity index (χ1v) is 6.34. The van der Waals surface area contributed by atoms with Gasteiger partial charge in [-0.1, -0.05) is 31.5 Å². The second kappa shape index (κ2) is 6.55. The van der Waals surface area contributed by atoms with Crippen molar-refractivity contribution in [2.45, 2.75) is 33.6 Å². The number of hydrogen-bond acceptors (Lipinski definition) is 2. The first-order valence-electron chi connectivity index (χ1n) is 5.96. The largest absolute Gasteiger partial charge is 0.325 e. The van der Waals surface area contributed by atoms with Crippen LogP contribution in [0.3, 0.4) is 0 Å². The average molecular weight is 268 g/mol. The maximum absolute atomic E-state index is 11.7. The number of halogens is 1. The molecule has 0 bridgehead atoms. The molecule has 98 valence electrons. The SMILES string of the molecule is Cc1ccc(Cl)cc1NC(=O)CC(=O)CC(C)C. The predicted molar refractivity (Wildman–Crippen MR) is 73.9 cm³/mol. The summed E-state index contributed by atoms with van der Waals surface area (Å²) in [5, 5.41) is 3.27. The van der Waals surface area contributed by atoms with Gasteiger partial charge in [-0.2, -0.15) is 0 Å². The zero-order valence-corrected chi connectivity index (χ0v) is 11.7.